The van der Waals surface area contributed by atoms with E-state index in [0.29, 0.717) is 17.4 Å². The smallest absolute Gasteiger partial charge is 0.268 e. The van der Waals surface area contributed by atoms with Gasteiger partial charge in [0.05, 0.1) is 12.2 Å². The third-order valence-corrected chi connectivity index (χ3v) is 3.29. The molecule has 1 aliphatic heterocycles. The van der Waals surface area contributed by atoms with Gasteiger partial charge in [-0.05, 0) is 26.0 Å². The van der Waals surface area contributed by atoms with Crippen LogP contribution in [0.3, 0.4) is 0 Å². The zero-order valence-electron chi connectivity index (χ0n) is 11.9. The van der Waals surface area contributed by atoms with Crippen LogP contribution in [0.1, 0.15) is 18.4 Å². The maximum Gasteiger partial charge on any atom is 0.268 e. The van der Waals surface area contributed by atoms with Crippen LogP contribution in [-0.2, 0) is 11.3 Å². The Kier molecular flexibility index (Phi) is 3.21. The first kappa shape index (κ1) is 13.4. The summed E-state index contributed by atoms with van der Waals surface area (Å²) in [5.41, 5.74) is 7.25. The van der Waals surface area contributed by atoms with Crippen LogP contribution in [-0.4, -0.2) is 22.0 Å². The number of hydrogen-bond donors (Lipinski definition) is 1. The highest BCUT2D eigenvalue weighted by atomic mass is 16.5. The summed E-state index contributed by atoms with van der Waals surface area (Å²) in [4.78, 5) is 22.5. The van der Waals surface area contributed by atoms with E-state index in [-0.39, 0.29) is 12.5 Å². The van der Waals surface area contributed by atoms with Crippen molar-refractivity contribution >= 4 is 17.4 Å². The van der Waals surface area contributed by atoms with Crippen molar-refractivity contribution in [3.05, 3.63) is 41.9 Å². The Balaban J connectivity index is 1.98. The molecule has 2 heterocycles. The maximum absolute atomic E-state index is 12.4. The number of rotatable bonds is 2. The van der Waals surface area contributed by atoms with Gasteiger partial charge < -0.3 is 10.5 Å². The van der Waals surface area contributed by atoms with Gasteiger partial charge in [0.1, 0.15) is 11.6 Å². The minimum atomic E-state index is -0.526. The van der Waals surface area contributed by atoms with Crippen LogP contribution in [0.15, 0.2) is 30.3 Å². The van der Waals surface area contributed by atoms with Gasteiger partial charge in [-0.3, -0.25) is 9.69 Å². The van der Waals surface area contributed by atoms with E-state index < -0.39 is 6.10 Å². The highest BCUT2D eigenvalue weighted by Gasteiger charge is 2.31. The number of anilines is 2. The first-order valence-electron chi connectivity index (χ1n) is 6.71. The third kappa shape index (κ3) is 2.52. The van der Waals surface area contributed by atoms with Crippen molar-refractivity contribution in [2.45, 2.75) is 26.5 Å². The molecule has 0 saturated heterocycles. The summed E-state index contributed by atoms with van der Waals surface area (Å²) < 4.78 is 5.60. The van der Waals surface area contributed by atoms with Crippen LogP contribution in [0.4, 0.5) is 11.5 Å². The van der Waals surface area contributed by atoms with E-state index in [4.69, 9.17) is 10.5 Å². The summed E-state index contributed by atoms with van der Waals surface area (Å²) in [6.45, 7) is 3.85. The summed E-state index contributed by atoms with van der Waals surface area (Å²) in [5, 5.41) is 0. The molecule has 21 heavy (non-hydrogen) atoms. The first-order valence-corrected chi connectivity index (χ1v) is 6.71. The number of nitrogen functional groups attached to an aromatic ring is 1. The molecular formula is C15H16N4O2. The molecule has 6 heteroatoms. The Bertz CT molecular complexity index is 682. The van der Waals surface area contributed by atoms with E-state index >= 15 is 0 Å². The molecule has 2 aromatic rings. The van der Waals surface area contributed by atoms with E-state index in [1.54, 1.807) is 17.9 Å². The summed E-state index contributed by atoms with van der Waals surface area (Å²) in [5.74, 6) is 1.49. The molecule has 6 nitrogen and oxygen atoms in total. The fourth-order valence-corrected chi connectivity index (χ4v) is 2.39. The van der Waals surface area contributed by atoms with Crippen molar-refractivity contribution < 1.29 is 9.53 Å². The Morgan fingerprint density at radius 3 is 2.86 bits per heavy atom. The average molecular weight is 284 g/mol. The lowest BCUT2D eigenvalue weighted by molar-refractivity contribution is -0.125. The van der Waals surface area contributed by atoms with Gasteiger partial charge in [-0.15, -0.1) is 0 Å². The van der Waals surface area contributed by atoms with Gasteiger partial charge in [0.2, 0.25) is 0 Å². The van der Waals surface area contributed by atoms with Gasteiger partial charge in [-0.1, -0.05) is 12.1 Å². The third-order valence-electron chi connectivity index (χ3n) is 3.29. The molecule has 1 aromatic carbocycles. The highest BCUT2D eigenvalue weighted by molar-refractivity contribution is 5.99. The highest BCUT2D eigenvalue weighted by Crippen LogP contribution is 2.34. The topological polar surface area (TPSA) is 81.3 Å². The molecule has 0 spiro atoms. The summed E-state index contributed by atoms with van der Waals surface area (Å²) in [6, 6.07) is 9.13. The van der Waals surface area contributed by atoms with Gasteiger partial charge in [0.15, 0.2) is 11.9 Å². The Hall–Kier alpha value is -2.63. The molecular weight excluding hydrogens is 268 g/mol. The van der Waals surface area contributed by atoms with Crippen molar-refractivity contribution in [3.8, 4) is 5.75 Å². The van der Waals surface area contributed by atoms with E-state index in [9.17, 15) is 4.79 Å². The predicted molar refractivity (Wildman–Crippen MR) is 78.9 cm³/mol. The van der Waals surface area contributed by atoms with Crippen molar-refractivity contribution in [1.29, 1.82) is 0 Å². The van der Waals surface area contributed by atoms with E-state index in [2.05, 4.69) is 9.97 Å². The van der Waals surface area contributed by atoms with Gasteiger partial charge in [-0.2, -0.15) is 0 Å². The van der Waals surface area contributed by atoms with Crippen LogP contribution >= 0.6 is 0 Å². The van der Waals surface area contributed by atoms with Gasteiger partial charge in [0.25, 0.3) is 5.91 Å². The lowest BCUT2D eigenvalue weighted by Crippen LogP contribution is -2.44. The number of benzene rings is 1. The molecule has 1 atom stereocenters. The number of hydrogen-bond acceptors (Lipinski definition) is 5. The number of fused-ring (bicyclic) bond motifs is 1. The second-order valence-corrected chi connectivity index (χ2v) is 5.00. The quantitative estimate of drug-likeness (QED) is 0.907. The molecule has 1 aliphatic rings. The van der Waals surface area contributed by atoms with E-state index in [1.807, 2.05) is 31.2 Å². The number of nitrogens with two attached hydrogens (primary N) is 1. The summed E-state index contributed by atoms with van der Waals surface area (Å²) >= 11 is 0. The fourth-order valence-electron chi connectivity index (χ4n) is 2.39. The van der Waals surface area contributed by atoms with Crippen molar-refractivity contribution in [1.82, 2.24) is 9.97 Å². The van der Waals surface area contributed by atoms with Crippen LogP contribution in [0.2, 0.25) is 0 Å². The maximum atomic E-state index is 12.4. The zero-order chi connectivity index (χ0) is 15.0. The zero-order valence-corrected chi connectivity index (χ0v) is 11.9. The monoisotopic (exact) mass is 284 g/mol. The second-order valence-electron chi connectivity index (χ2n) is 5.00. The van der Waals surface area contributed by atoms with Gasteiger partial charge in [-0.25, -0.2) is 9.97 Å². The van der Waals surface area contributed by atoms with E-state index in [0.717, 1.165) is 11.4 Å². The molecule has 2 N–H and O–H groups in total. The molecule has 1 amide bonds. The molecule has 1 aromatic heterocycles. The second kappa shape index (κ2) is 5.05. The number of carbonyl (C=O) groups is 1. The van der Waals surface area contributed by atoms with E-state index in [1.165, 1.54) is 0 Å². The molecule has 108 valence electrons. The Morgan fingerprint density at radius 2 is 2.10 bits per heavy atom. The van der Waals surface area contributed by atoms with Crippen molar-refractivity contribution in [2.75, 3.05) is 10.6 Å². The Morgan fingerprint density at radius 1 is 1.33 bits per heavy atom. The first-order chi connectivity index (χ1) is 10.0. The molecule has 0 bridgehead atoms. The lowest BCUT2D eigenvalue weighted by Gasteiger charge is -2.32. The minimum absolute atomic E-state index is 0.114. The van der Waals surface area contributed by atoms with Crippen LogP contribution in [0.5, 0.6) is 5.75 Å². The minimum Gasteiger partial charge on any atom is -0.479 e. The number of aromatic nitrogens is 2. The number of para-hydroxylation sites is 2. The molecule has 0 radical (unpaired) electrons. The molecule has 0 saturated carbocycles. The van der Waals surface area contributed by atoms with Crippen LogP contribution < -0.4 is 15.4 Å². The van der Waals surface area contributed by atoms with Crippen LogP contribution in [0.25, 0.3) is 0 Å². The lowest BCUT2D eigenvalue weighted by atomic mass is 10.2. The number of ether oxygens (including phenoxy) is 1. The summed E-state index contributed by atoms with van der Waals surface area (Å²) in [7, 11) is 0. The van der Waals surface area contributed by atoms with Crippen molar-refractivity contribution in [2.24, 2.45) is 0 Å². The fraction of sp³-hybridized carbons (Fsp3) is 0.267. The van der Waals surface area contributed by atoms with Crippen LogP contribution in [0, 0.1) is 6.92 Å². The number of aryl methyl sites for hydroxylation is 1. The molecule has 0 fully saturated rings. The van der Waals surface area contributed by atoms with Gasteiger partial charge in [0, 0.05) is 11.8 Å². The average Bonchev–Trinajstić information content (AvgIpc) is 2.43. The summed E-state index contributed by atoms with van der Waals surface area (Å²) in [6.07, 6.45) is -0.526. The Labute approximate surface area is 122 Å². The normalized spacial score (nSPS) is 17.3. The predicted octanol–water partition coefficient (Wildman–Crippen LogP) is 1.68. The number of nitrogens with zero attached hydrogens (tertiary/aromatic N) is 3. The molecule has 0 aliphatic carbocycles. The largest absolute Gasteiger partial charge is 0.479 e. The SMILES string of the molecule is Cc1cc(N)nc(CN2C(=O)C(C)Oc3ccccc32)n1. The van der Waals surface area contributed by atoms with Crippen molar-refractivity contribution in [3.63, 3.8) is 0 Å². The number of carbonyl (C=O) groups excluding carboxylic acids is 1. The molecule has 1 unspecified atom stereocenters. The standard InChI is InChI=1S/C15H16N4O2/c1-9-7-13(16)18-14(17-9)8-19-11-5-3-4-6-12(11)21-10(2)15(19)20/h3-7,10H,8H2,1-2H3,(H2,16,17,18). The van der Waals surface area contributed by atoms with Gasteiger partial charge >= 0.3 is 0 Å². The number of amides is 1. The molecule has 3 rings (SSSR count).